The number of methoxy groups -OCH3 is 2. The van der Waals surface area contributed by atoms with E-state index in [4.69, 9.17) is 19.3 Å². The van der Waals surface area contributed by atoms with Crippen LogP contribution < -0.4 is 14.8 Å². The van der Waals surface area contributed by atoms with Gasteiger partial charge in [-0.05, 0) is 84.6 Å². The van der Waals surface area contributed by atoms with Crippen LogP contribution in [-0.4, -0.2) is 75.0 Å². The molecule has 1 unspecified atom stereocenters. The summed E-state index contributed by atoms with van der Waals surface area (Å²) in [6.45, 7) is 11.5. The van der Waals surface area contributed by atoms with Crippen molar-refractivity contribution in [2.75, 3.05) is 21.3 Å². The second-order valence-corrected chi connectivity index (χ2v) is 19.0. The molecule has 0 bridgehead atoms. The molecular formula is C38H43BrF2N6O6S3. The van der Waals surface area contributed by atoms with Crippen LogP contribution in [0.5, 0.6) is 11.5 Å². The minimum atomic E-state index is -1.07. The minimum absolute atomic E-state index is 0.223. The standard InChI is InChI=1S/C23H26FN3O4S2.C15H17BrFN3O2S/c1-23(2,3)31-22(28)27(4)13-18-26-19(15-8-7-11-25-20(15)24)21(33-18)32-14-9-10-16(29-5)17(12-14)30-6;1-15(2,3)9(19-14(21)22)7-10-20-11(12(16)23-10)8-5-4-6-18-13(8)17/h7-12H,13H2,1-6H3;4-6,9,19H,7H2,1-3H3,(H,21,22). The van der Waals surface area contributed by atoms with E-state index in [9.17, 15) is 18.4 Å². The molecule has 1 atom stereocenters. The molecule has 4 aromatic heterocycles. The van der Waals surface area contributed by atoms with Crippen LogP contribution in [0.25, 0.3) is 22.5 Å². The molecule has 0 aliphatic rings. The van der Waals surface area contributed by atoms with Gasteiger partial charge in [0.25, 0.3) is 0 Å². The number of halogens is 3. The third kappa shape index (κ3) is 12.3. The van der Waals surface area contributed by atoms with Crippen LogP contribution in [0, 0.1) is 17.3 Å². The zero-order valence-corrected chi connectivity index (χ0v) is 36.3. The van der Waals surface area contributed by atoms with E-state index >= 15 is 0 Å². The predicted octanol–water partition coefficient (Wildman–Crippen LogP) is 10.2. The number of hydrogen-bond donors (Lipinski definition) is 2. The fourth-order valence-electron chi connectivity index (χ4n) is 4.87. The number of hydrogen-bond acceptors (Lipinski definition) is 12. The fraction of sp³-hybridized carbons (Fsp3) is 0.368. The van der Waals surface area contributed by atoms with Crippen molar-refractivity contribution in [3.8, 4) is 34.0 Å². The summed E-state index contributed by atoms with van der Waals surface area (Å²) in [6.07, 6.45) is 1.68. The number of carbonyl (C=O) groups is 2. The largest absolute Gasteiger partial charge is 0.493 e. The number of amides is 2. The lowest BCUT2D eigenvalue weighted by molar-refractivity contribution is 0.0285. The first-order chi connectivity index (χ1) is 26.3. The first kappa shape index (κ1) is 44.3. The first-order valence-corrected chi connectivity index (χ1v) is 20.2. The van der Waals surface area contributed by atoms with Crippen molar-refractivity contribution in [2.45, 2.75) is 75.3 Å². The van der Waals surface area contributed by atoms with E-state index in [1.54, 1.807) is 45.5 Å². The third-order valence-corrected chi connectivity index (χ3v) is 11.6. The van der Waals surface area contributed by atoms with Crippen LogP contribution in [0.3, 0.4) is 0 Å². The number of pyridine rings is 2. The van der Waals surface area contributed by atoms with E-state index in [-0.39, 0.29) is 18.0 Å². The molecule has 4 heterocycles. The minimum Gasteiger partial charge on any atom is -0.493 e. The Morgan fingerprint density at radius 2 is 1.50 bits per heavy atom. The van der Waals surface area contributed by atoms with E-state index in [1.807, 2.05) is 59.7 Å². The average molecular weight is 894 g/mol. The highest BCUT2D eigenvalue weighted by Crippen LogP contribution is 2.43. The van der Waals surface area contributed by atoms with Crippen molar-refractivity contribution < 1.29 is 37.7 Å². The van der Waals surface area contributed by atoms with E-state index in [1.165, 1.54) is 51.7 Å². The summed E-state index contributed by atoms with van der Waals surface area (Å²) in [5.41, 5.74) is 0.697. The number of carbonyl (C=O) groups excluding carboxylic acids is 1. The number of thiazole rings is 2. The summed E-state index contributed by atoms with van der Waals surface area (Å²) in [4.78, 5) is 42.2. The average Bonchev–Trinajstić information content (AvgIpc) is 3.68. The van der Waals surface area contributed by atoms with E-state index in [0.29, 0.717) is 49.2 Å². The van der Waals surface area contributed by atoms with E-state index < -0.39 is 29.7 Å². The zero-order valence-electron chi connectivity index (χ0n) is 32.3. The number of carboxylic acid groups (broad SMARTS) is 1. The number of nitrogens with one attached hydrogen (secondary N) is 1. The second kappa shape index (κ2) is 19.2. The van der Waals surface area contributed by atoms with Crippen LogP contribution in [0.15, 0.2) is 67.7 Å². The Morgan fingerprint density at radius 1 is 0.911 bits per heavy atom. The van der Waals surface area contributed by atoms with Crippen molar-refractivity contribution in [1.82, 2.24) is 30.2 Å². The van der Waals surface area contributed by atoms with Crippen molar-refractivity contribution in [2.24, 2.45) is 5.41 Å². The quantitative estimate of drug-likeness (QED) is 0.122. The normalized spacial score (nSPS) is 11.9. The summed E-state index contributed by atoms with van der Waals surface area (Å²) < 4.78 is 45.9. The number of benzene rings is 1. The van der Waals surface area contributed by atoms with Gasteiger partial charge in [-0.1, -0.05) is 32.5 Å². The highest BCUT2D eigenvalue weighted by atomic mass is 79.9. The molecular weight excluding hydrogens is 851 g/mol. The topological polar surface area (TPSA) is 149 Å². The Hall–Kier alpha value is -4.39. The molecule has 0 saturated heterocycles. The Kier molecular flexibility index (Phi) is 15.2. The molecule has 5 rings (SSSR count). The van der Waals surface area contributed by atoms with Crippen LogP contribution in [0.4, 0.5) is 18.4 Å². The number of aromatic nitrogens is 4. The van der Waals surface area contributed by atoms with Gasteiger partial charge >= 0.3 is 12.2 Å². The maximum Gasteiger partial charge on any atom is 0.410 e. The Bertz CT molecular complexity index is 2140. The molecule has 18 heteroatoms. The Balaban J connectivity index is 0.000000265. The number of ether oxygens (including phenoxy) is 3. The van der Waals surface area contributed by atoms with Crippen LogP contribution in [0.1, 0.15) is 51.6 Å². The van der Waals surface area contributed by atoms with Crippen LogP contribution in [-0.2, 0) is 17.7 Å². The molecule has 2 amide bonds. The summed E-state index contributed by atoms with van der Waals surface area (Å²) in [7, 11) is 4.78. The zero-order chi connectivity index (χ0) is 41.4. The number of rotatable bonds is 11. The van der Waals surface area contributed by atoms with Gasteiger partial charge in [-0.25, -0.2) is 29.5 Å². The van der Waals surface area contributed by atoms with Gasteiger partial charge in [-0.15, -0.1) is 22.7 Å². The summed E-state index contributed by atoms with van der Waals surface area (Å²) in [5, 5.41) is 12.9. The van der Waals surface area contributed by atoms with Crippen LogP contribution in [0.2, 0.25) is 0 Å². The molecule has 2 N–H and O–H groups in total. The Labute approximate surface area is 345 Å². The molecule has 300 valence electrons. The number of nitrogens with zero attached hydrogens (tertiary/aromatic N) is 5. The molecule has 56 heavy (non-hydrogen) atoms. The molecule has 0 fully saturated rings. The molecule has 12 nitrogen and oxygen atoms in total. The third-order valence-electron chi connectivity index (χ3n) is 7.66. The smallest absolute Gasteiger partial charge is 0.410 e. The van der Waals surface area contributed by atoms with Crippen LogP contribution >= 0.6 is 50.4 Å². The lowest BCUT2D eigenvalue weighted by Gasteiger charge is -2.29. The van der Waals surface area contributed by atoms with Crippen molar-refractivity contribution >= 4 is 62.6 Å². The summed E-state index contributed by atoms with van der Waals surface area (Å²) in [6, 6.07) is 11.8. The first-order valence-electron chi connectivity index (χ1n) is 17.0. The van der Waals surface area contributed by atoms with Gasteiger partial charge in [-0.2, -0.15) is 8.78 Å². The monoisotopic (exact) mass is 892 g/mol. The predicted molar refractivity (Wildman–Crippen MR) is 218 cm³/mol. The summed E-state index contributed by atoms with van der Waals surface area (Å²) >= 11 is 7.58. The molecule has 0 aliphatic heterocycles. The summed E-state index contributed by atoms with van der Waals surface area (Å²) in [5.74, 6) is 0.0143. The van der Waals surface area contributed by atoms with Gasteiger partial charge in [-0.3, -0.25) is 0 Å². The lowest BCUT2D eigenvalue weighted by atomic mass is 9.85. The van der Waals surface area contributed by atoms with Gasteiger partial charge in [0.2, 0.25) is 11.9 Å². The van der Waals surface area contributed by atoms with Crippen molar-refractivity contribution in [1.29, 1.82) is 0 Å². The maximum absolute atomic E-state index is 14.5. The molecule has 0 radical (unpaired) electrons. The molecule has 0 spiro atoms. The molecule has 1 aromatic carbocycles. The molecule has 0 aliphatic carbocycles. The van der Waals surface area contributed by atoms with E-state index in [2.05, 4.69) is 41.2 Å². The molecule has 5 aromatic rings. The highest BCUT2D eigenvalue weighted by Gasteiger charge is 2.29. The maximum atomic E-state index is 14.5. The molecule has 0 saturated carbocycles. The van der Waals surface area contributed by atoms with Gasteiger partial charge in [0.15, 0.2) is 11.5 Å². The lowest BCUT2D eigenvalue weighted by Crippen LogP contribution is -2.44. The Morgan fingerprint density at radius 3 is 2.04 bits per heavy atom. The van der Waals surface area contributed by atoms with Gasteiger partial charge in [0.05, 0.1) is 44.9 Å². The van der Waals surface area contributed by atoms with Gasteiger partial charge in [0.1, 0.15) is 22.0 Å². The van der Waals surface area contributed by atoms with Gasteiger partial charge < -0.3 is 29.5 Å². The van der Waals surface area contributed by atoms with Gasteiger partial charge in [0, 0.05) is 36.8 Å². The SMILES string of the molecule is CC(C)(C)C(Cc1nc(-c2cccnc2F)c(Br)s1)NC(=O)O.COc1ccc(Sc2sc(CN(C)C(=O)OC(C)(C)C)nc2-c2cccnc2F)cc1OC. The fourth-order valence-corrected chi connectivity index (χ4v) is 8.95. The van der Waals surface area contributed by atoms with Crippen molar-refractivity contribution in [3.63, 3.8) is 0 Å². The van der Waals surface area contributed by atoms with Crippen molar-refractivity contribution in [3.05, 3.63) is 80.6 Å². The van der Waals surface area contributed by atoms with E-state index in [0.717, 1.165) is 14.1 Å². The second-order valence-electron chi connectivity index (χ2n) is 14.2. The highest BCUT2D eigenvalue weighted by molar-refractivity contribution is 9.11.